The van der Waals surface area contributed by atoms with Crippen molar-refractivity contribution in [2.75, 3.05) is 44.2 Å². The fourth-order valence-corrected chi connectivity index (χ4v) is 5.55. The molecule has 2 atom stereocenters. The largest absolute Gasteiger partial charge is 0.372 e. The lowest BCUT2D eigenvalue weighted by molar-refractivity contribution is -0.132. The van der Waals surface area contributed by atoms with Gasteiger partial charge in [0.05, 0.1) is 17.2 Å². The standard InChI is InChI=1S/C25H31ClFN5O3/c1-16-13-31(14-17(2)35-16)25(34)24-19-4-3-5-22(19)32(28-24)15-23(33)30-10-8-29(9-11-30)18-6-7-20(26)21(27)12-18/h6-7,12,16-17H,3-5,8-11,13-15H2,1-2H3/t16-,17+. The number of carbonyl (C=O) groups excluding carboxylic acids is 2. The minimum atomic E-state index is -0.443. The predicted octanol–water partition coefficient (Wildman–Crippen LogP) is 2.76. The van der Waals surface area contributed by atoms with Crippen LogP contribution >= 0.6 is 11.6 Å². The van der Waals surface area contributed by atoms with E-state index >= 15 is 0 Å². The number of hydrogen-bond acceptors (Lipinski definition) is 5. The minimum absolute atomic E-state index is 0.0116. The van der Waals surface area contributed by atoms with Crippen LogP contribution in [0, 0.1) is 5.82 Å². The van der Waals surface area contributed by atoms with Gasteiger partial charge in [-0.15, -0.1) is 0 Å². The number of amides is 2. The maximum absolute atomic E-state index is 13.8. The van der Waals surface area contributed by atoms with Crippen LogP contribution < -0.4 is 4.90 Å². The van der Waals surface area contributed by atoms with Gasteiger partial charge in [-0.25, -0.2) is 4.39 Å². The molecule has 188 valence electrons. The fourth-order valence-electron chi connectivity index (χ4n) is 5.43. The van der Waals surface area contributed by atoms with Crippen molar-refractivity contribution in [3.05, 3.63) is 46.0 Å². The van der Waals surface area contributed by atoms with Crippen LogP contribution in [0.15, 0.2) is 18.2 Å². The number of morpholine rings is 1. The van der Waals surface area contributed by atoms with Crippen LogP contribution in [0.2, 0.25) is 5.02 Å². The first-order valence-corrected chi connectivity index (χ1v) is 12.7. The van der Waals surface area contributed by atoms with Gasteiger partial charge in [0.1, 0.15) is 12.4 Å². The lowest BCUT2D eigenvalue weighted by Gasteiger charge is -2.36. The Bertz CT molecular complexity index is 1120. The average molecular weight is 504 g/mol. The first-order valence-electron chi connectivity index (χ1n) is 12.3. The number of nitrogens with zero attached hydrogens (tertiary/aromatic N) is 5. The second-order valence-corrected chi connectivity index (χ2v) is 10.1. The highest BCUT2D eigenvalue weighted by atomic mass is 35.5. The Morgan fingerprint density at radius 3 is 2.49 bits per heavy atom. The SMILES string of the molecule is C[C@@H]1CN(C(=O)c2nn(CC(=O)N3CCN(c4ccc(Cl)c(F)c4)CC3)c3c2CCC3)C[C@H](C)O1. The number of halogens is 2. The van der Waals surface area contributed by atoms with Gasteiger partial charge in [0.25, 0.3) is 5.91 Å². The zero-order valence-electron chi connectivity index (χ0n) is 20.2. The van der Waals surface area contributed by atoms with Crippen LogP contribution in [-0.2, 0) is 28.9 Å². The highest BCUT2D eigenvalue weighted by molar-refractivity contribution is 6.30. The third-order valence-electron chi connectivity index (χ3n) is 7.10. The highest BCUT2D eigenvalue weighted by Crippen LogP contribution is 2.28. The van der Waals surface area contributed by atoms with E-state index in [0.29, 0.717) is 45.0 Å². The van der Waals surface area contributed by atoms with E-state index in [-0.39, 0.29) is 35.6 Å². The summed E-state index contributed by atoms with van der Waals surface area (Å²) in [5.74, 6) is -0.529. The van der Waals surface area contributed by atoms with Crippen LogP contribution in [0.25, 0.3) is 0 Å². The van der Waals surface area contributed by atoms with Crippen molar-refractivity contribution in [1.29, 1.82) is 0 Å². The summed E-state index contributed by atoms with van der Waals surface area (Å²) in [7, 11) is 0. The maximum atomic E-state index is 13.8. The van der Waals surface area contributed by atoms with E-state index in [0.717, 1.165) is 36.2 Å². The molecule has 0 unspecified atom stereocenters. The monoisotopic (exact) mass is 503 g/mol. The number of fused-ring (bicyclic) bond motifs is 1. The molecule has 8 nitrogen and oxygen atoms in total. The molecule has 35 heavy (non-hydrogen) atoms. The molecule has 0 N–H and O–H groups in total. The van der Waals surface area contributed by atoms with Crippen molar-refractivity contribution in [1.82, 2.24) is 19.6 Å². The van der Waals surface area contributed by atoms with Gasteiger partial charge >= 0.3 is 0 Å². The topological polar surface area (TPSA) is 70.9 Å². The van der Waals surface area contributed by atoms with Gasteiger partial charge in [-0.05, 0) is 51.3 Å². The van der Waals surface area contributed by atoms with E-state index in [4.69, 9.17) is 16.3 Å². The van der Waals surface area contributed by atoms with Gasteiger partial charge < -0.3 is 19.4 Å². The molecule has 2 saturated heterocycles. The summed E-state index contributed by atoms with van der Waals surface area (Å²) in [4.78, 5) is 32.2. The third kappa shape index (κ3) is 4.89. The number of piperazine rings is 1. The highest BCUT2D eigenvalue weighted by Gasteiger charge is 2.33. The summed E-state index contributed by atoms with van der Waals surface area (Å²) in [5.41, 5.74) is 3.25. The molecule has 0 radical (unpaired) electrons. The van der Waals surface area contributed by atoms with Crippen LogP contribution in [0.5, 0.6) is 0 Å². The maximum Gasteiger partial charge on any atom is 0.274 e. The van der Waals surface area contributed by atoms with Crippen LogP contribution in [0.1, 0.15) is 42.0 Å². The Morgan fingerprint density at radius 1 is 1.09 bits per heavy atom. The molecule has 2 fully saturated rings. The molecule has 1 aliphatic carbocycles. The number of carbonyl (C=O) groups is 2. The van der Waals surface area contributed by atoms with Gasteiger partial charge in [-0.1, -0.05) is 11.6 Å². The molecule has 2 aromatic rings. The number of rotatable bonds is 4. The van der Waals surface area contributed by atoms with Gasteiger partial charge in [0.15, 0.2) is 5.69 Å². The first kappa shape index (κ1) is 24.1. The summed E-state index contributed by atoms with van der Waals surface area (Å²) in [5, 5.41) is 4.75. The van der Waals surface area contributed by atoms with Crippen molar-refractivity contribution >= 4 is 29.1 Å². The van der Waals surface area contributed by atoms with E-state index in [9.17, 15) is 14.0 Å². The third-order valence-corrected chi connectivity index (χ3v) is 7.41. The summed E-state index contributed by atoms with van der Waals surface area (Å²) in [6, 6.07) is 4.78. The molecule has 0 spiro atoms. The Balaban J connectivity index is 1.25. The van der Waals surface area contributed by atoms with Crippen molar-refractivity contribution in [3.63, 3.8) is 0 Å². The minimum Gasteiger partial charge on any atom is -0.372 e. The molecule has 1 aromatic carbocycles. The van der Waals surface area contributed by atoms with Gasteiger partial charge in [-0.3, -0.25) is 14.3 Å². The lowest BCUT2D eigenvalue weighted by Crippen LogP contribution is -2.49. The zero-order chi connectivity index (χ0) is 24.7. The number of benzene rings is 1. The molecule has 10 heteroatoms. The zero-order valence-corrected chi connectivity index (χ0v) is 20.9. The van der Waals surface area contributed by atoms with Crippen LogP contribution in [0.3, 0.4) is 0 Å². The van der Waals surface area contributed by atoms with Crippen LogP contribution in [0.4, 0.5) is 10.1 Å². The van der Waals surface area contributed by atoms with E-state index in [1.807, 2.05) is 23.6 Å². The van der Waals surface area contributed by atoms with Crippen LogP contribution in [-0.4, -0.2) is 82.9 Å². The molecular weight excluding hydrogens is 473 g/mol. The normalized spacial score (nSPS) is 22.5. The quantitative estimate of drug-likeness (QED) is 0.641. The molecular formula is C25H31ClFN5O3. The number of anilines is 1. The molecule has 3 aliphatic rings. The van der Waals surface area contributed by atoms with E-state index < -0.39 is 5.82 Å². The molecule has 5 rings (SSSR count). The van der Waals surface area contributed by atoms with E-state index in [2.05, 4.69) is 10.00 Å². The molecule has 3 heterocycles. The molecule has 0 saturated carbocycles. The number of ether oxygens (including phenoxy) is 1. The lowest BCUT2D eigenvalue weighted by atomic mass is 10.1. The molecule has 2 amide bonds. The van der Waals surface area contributed by atoms with Crippen molar-refractivity contribution in [2.45, 2.75) is 51.9 Å². The first-order chi connectivity index (χ1) is 16.8. The summed E-state index contributed by atoms with van der Waals surface area (Å²) in [6.07, 6.45) is 2.59. The second-order valence-electron chi connectivity index (χ2n) is 9.72. The van der Waals surface area contributed by atoms with E-state index in [1.54, 1.807) is 16.8 Å². The number of aromatic nitrogens is 2. The van der Waals surface area contributed by atoms with E-state index in [1.165, 1.54) is 6.07 Å². The summed E-state index contributed by atoms with van der Waals surface area (Å²) >= 11 is 5.80. The smallest absolute Gasteiger partial charge is 0.274 e. The van der Waals surface area contributed by atoms with Crippen molar-refractivity contribution in [2.24, 2.45) is 0 Å². The Labute approximate surface area is 209 Å². The van der Waals surface area contributed by atoms with Gasteiger partial charge in [-0.2, -0.15) is 5.10 Å². The molecule has 2 aliphatic heterocycles. The fraction of sp³-hybridized carbons (Fsp3) is 0.560. The summed E-state index contributed by atoms with van der Waals surface area (Å²) < 4.78 is 21.4. The molecule has 1 aromatic heterocycles. The predicted molar refractivity (Wildman–Crippen MR) is 130 cm³/mol. The second kappa shape index (κ2) is 9.78. The average Bonchev–Trinajstić information content (AvgIpc) is 3.44. The Kier molecular flexibility index (Phi) is 6.72. The van der Waals surface area contributed by atoms with Crippen molar-refractivity contribution < 1.29 is 18.7 Å². The molecule has 0 bridgehead atoms. The number of hydrogen-bond donors (Lipinski definition) is 0. The van der Waals surface area contributed by atoms with Crippen molar-refractivity contribution in [3.8, 4) is 0 Å². The Hall–Kier alpha value is -2.65. The Morgan fingerprint density at radius 2 is 1.80 bits per heavy atom. The summed E-state index contributed by atoms with van der Waals surface area (Å²) in [6.45, 7) is 7.48. The van der Waals surface area contributed by atoms with Gasteiger partial charge in [0.2, 0.25) is 5.91 Å². The van der Waals surface area contributed by atoms with Gasteiger partial charge in [0, 0.05) is 56.2 Å².